The number of nitrogens with one attached hydrogen (secondary N) is 1. The molecule has 1 N–H and O–H groups in total. The number of rotatable bonds is 4. The van der Waals surface area contributed by atoms with Gasteiger partial charge in [0.2, 0.25) is 5.13 Å². The Labute approximate surface area is 127 Å². The van der Waals surface area contributed by atoms with Crippen molar-refractivity contribution in [2.24, 2.45) is 5.10 Å². The van der Waals surface area contributed by atoms with Crippen molar-refractivity contribution in [2.75, 3.05) is 5.43 Å². The molecule has 3 rings (SSSR count). The first kappa shape index (κ1) is 13.5. The van der Waals surface area contributed by atoms with Crippen LogP contribution in [0.25, 0.3) is 11.3 Å². The molecule has 5 heteroatoms. The lowest BCUT2D eigenvalue weighted by molar-refractivity contribution is 1.28. The first-order valence-corrected chi connectivity index (χ1v) is 7.41. The first-order valence-electron chi connectivity index (χ1n) is 6.53. The fourth-order valence-corrected chi connectivity index (χ4v) is 2.46. The molecule has 3 aromatic rings. The van der Waals surface area contributed by atoms with Crippen LogP contribution in [-0.2, 0) is 0 Å². The number of hydrazone groups is 1. The van der Waals surface area contributed by atoms with Gasteiger partial charge in [0.15, 0.2) is 0 Å². The number of anilines is 1. The van der Waals surface area contributed by atoms with E-state index in [2.05, 4.69) is 51.7 Å². The fraction of sp³-hybridized carbons (Fsp3) is 0.0625. The zero-order valence-corrected chi connectivity index (χ0v) is 12.3. The van der Waals surface area contributed by atoms with E-state index in [1.807, 2.05) is 17.5 Å². The normalized spacial score (nSPS) is 10.9. The third-order valence-corrected chi connectivity index (χ3v) is 3.68. The number of aromatic nitrogens is 2. The van der Waals surface area contributed by atoms with Crippen LogP contribution in [0.2, 0.25) is 0 Å². The summed E-state index contributed by atoms with van der Waals surface area (Å²) in [4.78, 5) is 8.48. The van der Waals surface area contributed by atoms with Crippen molar-refractivity contribution < 1.29 is 0 Å². The number of thiazole rings is 1. The molecule has 2 heterocycles. The lowest BCUT2D eigenvalue weighted by Crippen LogP contribution is -1.90. The van der Waals surface area contributed by atoms with Gasteiger partial charge in [-0.3, -0.25) is 10.4 Å². The van der Waals surface area contributed by atoms with Gasteiger partial charge >= 0.3 is 0 Å². The molecule has 1 aromatic carbocycles. The molecule has 0 saturated heterocycles. The minimum Gasteiger partial charge on any atom is -0.265 e. The highest BCUT2D eigenvalue weighted by Gasteiger charge is 2.03. The second-order valence-electron chi connectivity index (χ2n) is 4.55. The van der Waals surface area contributed by atoms with Crippen LogP contribution in [0.15, 0.2) is 59.3 Å². The average molecular weight is 294 g/mol. The largest absolute Gasteiger partial charge is 0.265 e. The van der Waals surface area contributed by atoms with Crippen LogP contribution in [0, 0.1) is 6.92 Å². The van der Waals surface area contributed by atoms with Gasteiger partial charge in [-0.1, -0.05) is 29.8 Å². The maximum absolute atomic E-state index is 4.52. The van der Waals surface area contributed by atoms with Gasteiger partial charge in [0, 0.05) is 23.3 Å². The number of benzene rings is 1. The SMILES string of the molecule is Cc1ccc(-c2csc(N/N=C/c3ccncc3)n2)cc1. The van der Waals surface area contributed by atoms with E-state index in [1.165, 1.54) is 16.9 Å². The Morgan fingerprint density at radius 1 is 1.10 bits per heavy atom. The van der Waals surface area contributed by atoms with Gasteiger partial charge in [-0.2, -0.15) is 5.10 Å². The molecule has 0 bridgehead atoms. The van der Waals surface area contributed by atoms with Crippen LogP contribution in [0.3, 0.4) is 0 Å². The molecular formula is C16H14N4S. The third-order valence-electron chi connectivity index (χ3n) is 2.93. The molecule has 0 saturated carbocycles. The van der Waals surface area contributed by atoms with Crippen molar-refractivity contribution >= 4 is 22.7 Å². The molecule has 0 spiro atoms. The predicted octanol–water partition coefficient (Wildman–Crippen LogP) is 3.96. The van der Waals surface area contributed by atoms with E-state index in [4.69, 9.17) is 0 Å². The van der Waals surface area contributed by atoms with Crippen LogP contribution in [0.5, 0.6) is 0 Å². The van der Waals surface area contributed by atoms with Crippen molar-refractivity contribution in [1.29, 1.82) is 0 Å². The number of hydrogen-bond donors (Lipinski definition) is 1. The quantitative estimate of drug-likeness (QED) is 0.585. The van der Waals surface area contributed by atoms with Gasteiger partial charge in [0.05, 0.1) is 11.9 Å². The molecule has 0 aliphatic rings. The Bertz CT molecular complexity index is 732. The summed E-state index contributed by atoms with van der Waals surface area (Å²) in [5, 5.41) is 6.97. The molecule has 0 radical (unpaired) electrons. The zero-order valence-electron chi connectivity index (χ0n) is 11.5. The summed E-state index contributed by atoms with van der Waals surface area (Å²) in [6, 6.07) is 12.1. The predicted molar refractivity (Wildman–Crippen MR) is 87.7 cm³/mol. The highest BCUT2D eigenvalue weighted by molar-refractivity contribution is 7.14. The molecule has 0 fully saturated rings. The van der Waals surface area contributed by atoms with Crippen LogP contribution in [0.4, 0.5) is 5.13 Å². The van der Waals surface area contributed by atoms with Crippen LogP contribution in [0.1, 0.15) is 11.1 Å². The monoisotopic (exact) mass is 294 g/mol. The second kappa shape index (κ2) is 6.28. The maximum atomic E-state index is 4.52. The average Bonchev–Trinajstić information content (AvgIpc) is 2.98. The van der Waals surface area contributed by atoms with Gasteiger partial charge < -0.3 is 0 Å². The fourth-order valence-electron chi connectivity index (χ4n) is 1.79. The molecule has 0 aliphatic carbocycles. The molecule has 2 aromatic heterocycles. The molecule has 4 nitrogen and oxygen atoms in total. The molecular weight excluding hydrogens is 280 g/mol. The topological polar surface area (TPSA) is 50.2 Å². The summed E-state index contributed by atoms with van der Waals surface area (Å²) in [6.45, 7) is 2.08. The molecule has 0 aliphatic heterocycles. The van der Waals surface area contributed by atoms with E-state index in [9.17, 15) is 0 Å². The highest BCUT2D eigenvalue weighted by atomic mass is 32.1. The Morgan fingerprint density at radius 3 is 2.62 bits per heavy atom. The summed E-state index contributed by atoms with van der Waals surface area (Å²) in [7, 11) is 0. The summed E-state index contributed by atoms with van der Waals surface area (Å²) in [5.41, 5.74) is 7.26. The molecule has 21 heavy (non-hydrogen) atoms. The Balaban J connectivity index is 1.68. The molecule has 0 unspecified atom stereocenters. The van der Waals surface area contributed by atoms with Gasteiger partial charge in [0.1, 0.15) is 0 Å². The number of aryl methyl sites for hydroxylation is 1. The standard InChI is InChI=1S/C16H14N4S/c1-12-2-4-14(5-3-12)15-11-21-16(19-15)20-18-10-13-6-8-17-9-7-13/h2-11H,1H3,(H,19,20)/b18-10+. The number of hydrogen-bond acceptors (Lipinski definition) is 5. The molecule has 104 valence electrons. The summed E-state index contributed by atoms with van der Waals surface area (Å²) >= 11 is 1.54. The molecule has 0 atom stereocenters. The van der Waals surface area contributed by atoms with Crippen molar-refractivity contribution in [3.8, 4) is 11.3 Å². The minimum absolute atomic E-state index is 0.774. The smallest absolute Gasteiger partial charge is 0.203 e. The maximum Gasteiger partial charge on any atom is 0.203 e. The van der Waals surface area contributed by atoms with Crippen molar-refractivity contribution in [2.45, 2.75) is 6.92 Å². The number of nitrogens with zero attached hydrogens (tertiary/aromatic N) is 3. The Kier molecular flexibility index (Phi) is 4.02. The Morgan fingerprint density at radius 2 is 1.86 bits per heavy atom. The van der Waals surface area contributed by atoms with Gasteiger partial charge in [-0.25, -0.2) is 4.98 Å². The van der Waals surface area contributed by atoms with E-state index < -0.39 is 0 Å². The Hall–Kier alpha value is -2.53. The summed E-state index contributed by atoms with van der Waals surface area (Å²) in [5.74, 6) is 0. The van der Waals surface area contributed by atoms with E-state index in [1.54, 1.807) is 18.6 Å². The van der Waals surface area contributed by atoms with Crippen molar-refractivity contribution in [3.63, 3.8) is 0 Å². The lowest BCUT2D eigenvalue weighted by atomic mass is 10.1. The van der Waals surface area contributed by atoms with Crippen LogP contribution >= 0.6 is 11.3 Å². The van der Waals surface area contributed by atoms with Gasteiger partial charge in [-0.15, -0.1) is 11.3 Å². The van der Waals surface area contributed by atoms with E-state index >= 15 is 0 Å². The number of pyridine rings is 1. The third kappa shape index (κ3) is 3.52. The molecule has 0 amide bonds. The van der Waals surface area contributed by atoms with Crippen molar-refractivity contribution in [1.82, 2.24) is 9.97 Å². The van der Waals surface area contributed by atoms with Crippen molar-refractivity contribution in [3.05, 3.63) is 65.3 Å². The summed E-state index contributed by atoms with van der Waals surface area (Å²) < 4.78 is 0. The lowest BCUT2D eigenvalue weighted by Gasteiger charge is -1.97. The van der Waals surface area contributed by atoms with Crippen LogP contribution < -0.4 is 5.43 Å². The zero-order chi connectivity index (χ0) is 14.5. The van der Waals surface area contributed by atoms with E-state index in [0.29, 0.717) is 0 Å². The first-order chi connectivity index (χ1) is 10.3. The summed E-state index contributed by atoms with van der Waals surface area (Å²) in [6.07, 6.45) is 5.22. The van der Waals surface area contributed by atoms with Gasteiger partial charge in [0.25, 0.3) is 0 Å². The van der Waals surface area contributed by atoms with Gasteiger partial charge in [-0.05, 0) is 24.6 Å². The second-order valence-corrected chi connectivity index (χ2v) is 5.41. The van der Waals surface area contributed by atoms with Crippen LogP contribution in [-0.4, -0.2) is 16.2 Å². The minimum atomic E-state index is 0.774. The van der Waals surface area contributed by atoms with E-state index in [-0.39, 0.29) is 0 Å². The van der Waals surface area contributed by atoms with E-state index in [0.717, 1.165) is 22.0 Å². The highest BCUT2D eigenvalue weighted by Crippen LogP contribution is 2.24.